The van der Waals surface area contributed by atoms with Gasteiger partial charge in [-0.3, -0.25) is 9.36 Å². The molecule has 0 saturated heterocycles. The summed E-state index contributed by atoms with van der Waals surface area (Å²) >= 11 is 1.26. The molecule has 0 saturated carbocycles. The van der Waals surface area contributed by atoms with Gasteiger partial charge in [-0.2, -0.15) is 0 Å². The average Bonchev–Trinajstić information content (AvgIpc) is 3.27. The number of terminal acetylenes is 1. The minimum Gasteiger partial charge on any atom is -0.480 e. The van der Waals surface area contributed by atoms with Crippen molar-refractivity contribution in [2.24, 2.45) is 4.99 Å². The number of aromatic nitrogens is 1. The summed E-state index contributed by atoms with van der Waals surface area (Å²) < 4.78 is 13.2. The van der Waals surface area contributed by atoms with E-state index in [-0.39, 0.29) is 18.8 Å². The van der Waals surface area contributed by atoms with Gasteiger partial charge in [0.05, 0.1) is 28.5 Å². The van der Waals surface area contributed by atoms with Crippen LogP contribution in [0.5, 0.6) is 5.75 Å². The molecule has 4 aromatic rings. The number of rotatable bonds is 7. The predicted octanol–water partition coefficient (Wildman–Crippen LogP) is 3.95. The van der Waals surface area contributed by atoms with Gasteiger partial charge in [0, 0.05) is 11.1 Å². The van der Waals surface area contributed by atoms with Crippen LogP contribution in [0.4, 0.5) is 0 Å². The summed E-state index contributed by atoms with van der Waals surface area (Å²) in [5.41, 5.74) is 2.82. The number of hydrogen-bond donors (Lipinski definition) is 0. The Morgan fingerprint density at radius 2 is 1.74 bits per heavy atom. The highest BCUT2D eigenvalue weighted by molar-refractivity contribution is 7.07. The van der Waals surface area contributed by atoms with Crippen LogP contribution in [0.25, 0.3) is 11.8 Å². The summed E-state index contributed by atoms with van der Waals surface area (Å²) in [4.78, 5) is 32.7. The number of benzene rings is 3. The number of hydrogen-bond acceptors (Lipinski definition) is 6. The zero-order chi connectivity index (χ0) is 26.5. The fourth-order valence-corrected chi connectivity index (χ4v) is 5.37. The number of fused-ring (bicyclic) bond motifs is 1. The third-order valence-electron chi connectivity index (χ3n) is 6.01. The molecule has 1 aliphatic heterocycles. The van der Waals surface area contributed by atoms with E-state index in [4.69, 9.17) is 20.9 Å². The lowest BCUT2D eigenvalue weighted by Gasteiger charge is -2.25. The quantitative estimate of drug-likeness (QED) is 0.273. The molecular formula is C31H24N2O4S. The van der Waals surface area contributed by atoms with Gasteiger partial charge in [0.1, 0.15) is 12.4 Å². The molecule has 0 amide bonds. The zero-order valence-electron chi connectivity index (χ0n) is 20.7. The molecule has 7 heteroatoms. The standard InChI is InChI=1S/C31H24N2O4S/c1-3-19-37-24-18-12-11-17-23(24)20-25-29(34)33-28(22-15-9-6-10-16-22)26(30(35)36-4-2)27(32-31(33)38-25)21-13-7-5-8-14-21/h1,5-18,20,28H,4,19H2,2H3/b25-20-/t28-/m1/s1. The van der Waals surface area contributed by atoms with E-state index in [9.17, 15) is 9.59 Å². The molecule has 5 rings (SSSR count). The Morgan fingerprint density at radius 3 is 2.45 bits per heavy atom. The Morgan fingerprint density at radius 1 is 1.05 bits per heavy atom. The highest BCUT2D eigenvalue weighted by atomic mass is 32.1. The fourth-order valence-electron chi connectivity index (χ4n) is 4.38. The monoisotopic (exact) mass is 520 g/mol. The van der Waals surface area contributed by atoms with E-state index in [0.29, 0.717) is 26.4 Å². The highest BCUT2D eigenvalue weighted by Gasteiger charge is 2.35. The van der Waals surface area contributed by atoms with Crippen LogP contribution in [0.15, 0.2) is 100 Å². The molecule has 1 atom stereocenters. The van der Waals surface area contributed by atoms with E-state index < -0.39 is 12.0 Å². The number of carbonyl (C=O) groups excluding carboxylic acids is 1. The third-order valence-corrected chi connectivity index (χ3v) is 6.99. The molecule has 0 spiro atoms. The number of para-hydroxylation sites is 1. The van der Waals surface area contributed by atoms with E-state index >= 15 is 0 Å². The number of esters is 1. The van der Waals surface area contributed by atoms with Crippen molar-refractivity contribution < 1.29 is 14.3 Å². The van der Waals surface area contributed by atoms with Crippen molar-refractivity contribution in [2.45, 2.75) is 13.0 Å². The second-order valence-electron chi connectivity index (χ2n) is 8.37. The first-order valence-corrected chi connectivity index (χ1v) is 12.9. The van der Waals surface area contributed by atoms with Crippen molar-refractivity contribution in [1.29, 1.82) is 0 Å². The van der Waals surface area contributed by atoms with E-state index in [1.54, 1.807) is 23.6 Å². The van der Waals surface area contributed by atoms with Crippen molar-refractivity contribution in [3.63, 3.8) is 0 Å². The maximum Gasteiger partial charge on any atom is 0.338 e. The van der Waals surface area contributed by atoms with Crippen molar-refractivity contribution in [3.8, 4) is 18.1 Å². The van der Waals surface area contributed by atoms with Gasteiger partial charge in [0.25, 0.3) is 5.56 Å². The van der Waals surface area contributed by atoms with Gasteiger partial charge in [-0.15, -0.1) is 6.42 Å². The first kappa shape index (κ1) is 25.0. The SMILES string of the molecule is C#CCOc1ccccc1/C=c1\sc2n(c1=O)[C@H](c1ccccc1)C(C(=O)OCC)=C(c1ccccc1)N=2. The Bertz CT molecular complexity index is 1730. The van der Waals surface area contributed by atoms with Gasteiger partial charge >= 0.3 is 5.97 Å². The van der Waals surface area contributed by atoms with E-state index in [0.717, 1.165) is 16.7 Å². The summed E-state index contributed by atoms with van der Waals surface area (Å²) in [7, 11) is 0. The molecule has 0 radical (unpaired) electrons. The lowest BCUT2D eigenvalue weighted by Crippen LogP contribution is -2.40. The van der Waals surface area contributed by atoms with Gasteiger partial charge < -0.3 is 9.47 Å². The maximum absolute atomic E-state index is 13.9. The summed E-state index contributed by atoms with van der Waals surface area (Å²) in [5, 5.41) is 0. The minimum absolute atomic E-state index is 0.115. The summed E-state index contributed by atoms with van der Waals surface area (Å²) in [6.45, 7) is 2.07. The van der Waals surface area contributed by atoms with E-state index in [2.05, 4.69) is 5.92 Å². The lowest BCUT2D eigenvalue weighted by atomic mass is 9.93. The molecular weight excluding hydrogens is 496 g/mol. The van der Waals surface area contributed by atoms with Crippen LogP contribution >= 0.6 is 11.3 Å². The number of ether oxygens (including phenoxy) is 2. The van der Waals surface area contributed by atoms with Crippen molar-refractivity contribution in [3.05, 3.63) is 127 Å². The minimum atomic E-state index is -0.711. The number of thiazole rings is 1. The smallest absolute Gasteiger partial charge is 0.338 e. The Kier molecular flexibility index (Phi) is 7.34. The van der Waals surface area contributed by atoms with Gasteiger partial charge in [-0.25, -0.2) is 9.79 Å². The van der Waals surface area contributed by atoms with Crippen LogP contribution in [-0.4, -0.2) is 23.8 Å². The molecule has 2 heterocycles. The molecule has 3 aromatic carbocycles. The predicted molar refractivity (Wildman–Crippen MR) is 148 cm³/mol. The molecule has 0 aliphatic carbocycles. The van der Waals surface area contributed by atoms with Gasteiger partial charge in [-0.1, -0.05) is 96.1 Å². The lowest BCUT2D eigenvalue weighted by molar-refractivity contribution is -0.138. The Labute approximate surface area is 223 Å². The average molecular weight is 521 g/mol. The molecule has 38 heavy (non-hydrogen) atoms. The van der Waals surface area contributed by atoms with Crippen LogP contribution in [-0.2, 0) is 9.53 Å². The molecule has 0 bridgehead atoms. The second kappa shape index (κ2) is 11.2. The van der Waals surface area contributed by atoms with Crippen LogP contribution in [0.1, 0.15) is 29.7 Å². The second-order valence-corrected chi connectivity index (χ2v) is 9.38. The molecule has 1 aliphatic rings. The van der Waals surface area contributed by atoms with Gasteiger partial charge in [0.15, 0.2) is 4.80 Å². The summed E-state index contributed by atoms with van der Waals surface area (Å²) in [6.07, 6.45) is 7.14. The van der Waals surface area contributed by atoms with Crippen LogP contribution in [0.2, 0.25) is 0 Å². The normalized spacial score (nSPS) is 14.8. The van der Waals surface area contributed by atoms with Gasteiger partial charge in [-0.05, 0) is 24.6 Å². The number of nitrogens with zero attached hydrogens (tertiary/aromatic N) is 2. The largest absolute Gasteiger partial charge is 0.480 e. The topological polar surface area (TPSA) is 69.9 Å². The van der Waals surface area contributed by atoms with Crippen molar-refractivity contribution >= 4 is 29.1 Å². The van der Waals surface area contributed by atoms with Crippen LogP contribution < -0.4 is 19.6 Å². The molecule has 0 unspecified atom stereocenters. The van der Waals surface area contributed by atoms with Crippen molar-refractivity contribution in [2.75, 3.05) is 13.2 Å². The first-order chi connectivity index (χ1) is 18.6. The number of carbonyl (C=O) groups is 1. The van der Waals surface area contributed by atoms with E-state index in [1.807, 2.05) is 78.9 Å². The maximum atomic E-state index is 13.9. The van der Waals surface area contributed by atoms with Crippen LogP contribution in [0.3, 0.4) is 0 Å². The van der Waals surface area contributed by atoms with E-state index in [1.165, 1.54) is 11.3 Å². The van der Waals surface area contributed by atoms with Gasteiger partial charge in [0.2, 0.25) is 0 Å². The Hall–Kier alpha value is -4.67. The molecule has 188 valence electrons. The van der Waals surface area contributed by atoms with Crippen molar-refractivity contribution in [1.82, 2.24) is 4.57 Å². The fraction of sp³-hybridized carbons (Fsp3) is 0.129. The zero-order valence-corrected chi connectivity index (χ0v) is 21.5. The molecule has 6 nitrogen and oxygen atoms in total. The first-order valence-electron chi connectivity index (χ1n) is 12.1. The molecule has 0 fully saturated rings. The third kappa shape index (κ3) is 4.82. The summed E-state index contributed by atoms with van der Waals surface area (Å²) in [6, 6.07) is 25.6. The Balaban J connectivity index is 1.79. The molecule has 1 aromatic heterocycles. The summed E-state index contributed by atoms with van der Waals surface area (Å²) in [5.74, 6) is 2.53. The highest BCUT2D eigenvalue weighted by Crippen LogP contribution is 2.35. The molecule has 0 N–H and O–H groups in total. The van der Waals surface area contributed by atoms with Crippen LogP contribution in [0, 0.1) is 12.3 Å².